The van der Waals surface area contributed by atoms with Crippen LogP contribution in [0.15, 0.2) is 53.5 Å². The lowest BCUT2D eigenvalue weighted by Gasteiger charge is -2.35. The van der Waals surface area contributed by atoms with Crippen LogP contribution in [0.4, 0.5) is 0 Å². The fraction of sp³-hybridized carbons (Fsp3) is 0.150. The number of hydrogen-bond acceptors (Lipinski definition) is 5. The van der Waals surface area contributed by atoms with Gasteiger partial charge in [-0.1, -0.05) is 29.8 Å². The predicted molar refractivity (Wildman–Crippen MR) is 97.4 cm³/mol. The van der Waals surface area contributed by atoms with Crippen LogP contribution in [0, 0.1) is 36.5 Å². The second kappa shape index (κ2) is 5.65. The highest BCUT2D eigenvalue weighted by Crippen LogP contribution is 2.44. The lowest BCUT2D eigenvalue weighted by molar-refractivity contribution is 0.587. The predicted octanol–water partition coefficient (Wildman–Crippen LogP) is 2.97. The zero-order chi connectivity index (χ0) is 18.4. The fourth-order valence-electron chi connectivity index (χ4n) is 3.49. The van der Waals surface area contributed by atoms with Crippen LogP contribution in [0.2, 0.25) is 0 Å². The van der Waals surface area contributed by atoms with Gasteiger partial charge in [-0.25, -0.2) is 4.68 Å². The van der Waals surface area contributed by atoms with Crippen molar-refractivity contribution in [3.63, 3.8) is 0 Å². The molecule has 0 amide bonds. The summed E-state index contributed by atoms with van der Waals surface area (Å²) in [7, 11) is 0. The zero-order valence-electron chi connectivity index (χ0n) is 14.4. The van der Waals surface area contributed by atoms with E-state index in [0.717, 1.165) is 22.5 Å². The Morgan fingerprint density at radius 2 is 1.73 bits per heavy atom. The molecule has 1 aromatic carbocycles. The maximum absolute atomic E-state index is 9.99. The van der Waals surface area contributed by atoms with E-state index < -0.39 is 5.92 Å². The van der Waals surface area contributed by atoms with Gasteiger partial charge < -0.3 is 5.73 Å². The number of nitrogens with two attached hydrogens (primary N) is 1. The molecule has 0 saturated heterocycles. The highest BCUT2D eigenvalue weighted by Gasteiger charge is 2.37. The average molecular weight is 340 g/mol. The van der Waals surface area contributed by atoms with E-state index in [0.29, 0.717) is 22.7 Å². The van der Waals surface area contributed by atoms with Crippen molar-refractivity contribution in [2.75, 3.05) is 0 Å². The van der Waals surface area contributed by atoms with Gasteiger partial charge in [0, 0.05) is 12.4 Å². The van der Waals surface area contributed by atoms with Crippen LogP contribution in [-0.2, 0) is 0 Å². The van der Waals surface area contributed by atoms with Crippen LogP contribution in [0.25, 0.3) is 11.9 Å². The van der Waals surface area contributed by atoms with E-state index in [2.05, 4.69) is 17.2 Å². The zero-order valence-corrected chi connectivity index (χ0v) is 14.4. The first kappa shape index (κ1) is 15.7. The van der Waals surface area contributed by atoms with Gasteiger partial charge >= 0.3 is 0 Å². The largest absolute Gasteiger partial charge is 0.384 e. The average Bonchev–Trinajstić information content (AvgIpc) is 3.02. The molecule has 0 fully saturated rings. The molecule has 4 rings (SSSR count). The van der Waals surface area contributed by atoms with Crippen LogP contribution in [-0.4, -0.2) is 14.7 Å². The Bertz CT molecular complexity index is 1080. The number of aryl methyl sites for hydroxylation is 2. The molecule has 6 nitrogen and oxygen atoms in total. The Hall–Kier alpha value is -3.77. The molecule has 2 aromatic rings. The Morgan fingerprint density at radius 1 is 1.04 bits per heavy atom. The van der Waals surface area contributed by atoms with Crippen molar-refractivity contribution in [3.05, 3.63) is 76.0 Å². The topological polar surface area (TPSA) is 94.7 Å². The highest BCUT2D eigenvalue weighted by atomic mass is 15.3. The molecule has 0 bridgehead atoms. The minimum Gasteiger partial charge on any atom is -0.384 e. The van der Waals surface area contributed by atoms with E-state index in [-0.39, 0.29) is 0 Å². The lowest BCUT2D eigenvalue weighted by atomic mass is 9.81. The van der Waals surface area contributed by atoms with Crippen LogP contribution < -0.4 is 5.73 Å². The summed E-state index contributed by atoms with van der Waals surface area (Å²) in [4.78, 5) is 1.71. The first-order valence-corrected chi connectivity index (χ1v) is 8.19. The normalized spacial score (nSPS) is 18.3. The minimum absolute atomic E-state index is 0.341. The van der Waals surface area contributed by atoms with Crippen molar-refractivity contribution in [2.45, 2.75) is 19.8 Å². The Labute approximate surface area is 151 Å². The van der Waals surface area contributed by atoms with Crippen molar-refractivity contribution in [3.8, 4) is 12.1 Å². The third-order valence-corrected chi connectivity index (χ3v) is 4.72. The minimum atomic E-state index is -0.494. The quantitative estimate of drug-likeness (QED) is 0.861. The van der Waals surface area contributed by atoms with Gasteiger partial charge in [-0.3, -0.25) is 4.90 Å². The molecular formula is C20H16N6. The number of hydrogen-bond donors (Lipinski definition) is 1. The number of nitrogens with zero attached hydrogens (tertiary/aromatic N) is 5. The molecule has 26 heavy (non-hydrogen) atoms. The number of rotatable bonds is 1. The van der Waals surface area contributed by atoms with Crippen molar-refractivity contribution < 1.29 is 0 Å². The van der Waals surface area contributed by atoms with E-state index in [9.17, 15) is 10.5 Å². The van der Waals surface area contributed by atoms with Gasteiger partial charge in [0.25, 0.3) is 0 Å². The van der Waals surface area contributed by atoms with Gasteiger partial charge in [0.15, 0.2) is 0 Å². The maximum atomic E-state index is 9.99. The number of aromatic nitrogens is 2. The summed E-state index contributed by atoms with van der Waals surface area (Å²) in [5.41, 5.74) is 11.5. The lowest BCUT2D eigenvalue weighted by Crippen LogP contribution is -2.33. The van der Waals surface area contributed by atoms with E-state index in [1.807, 2.05) is 44.2 Å². The smallest absolute Gasteiger partial charge is 0.123 e. The fourth-order valence-corrected chi connectivity index (χ4v) is 3.49. The molecular weight excluding hydrogens is 324 g/mol. The van der Waals surface area contributed by atoms with Crippen LogP contribution in [0.3, 0.4) is 0 Å². The summed E-state index contributed by atoms with van der Waals surface area (Å²) in [6.45, 7) is 3.90. The highest BCUT2D eigenvalue weighted by molar-refractivity contribution is 5.79. The second-order valence-corrected chi connectivity index (χ2v) is 6.41. The number of nitriles is 2. The molecule has 2 aliphatic rings. The van der Waals surface area contributed by atoms with Gasteiger partial charge in [0.2, 0.25) is 0 Å². The van der Waals surface area contributed by atoms with E-state index in [4.69, 9.17) is 5.73 Å². The van der Waals surface area contributed by atoms with Crippen molar-refractivity contribution in [2.24, 2.45) is 5.73 Å². The molecule has 1 atom stereocenters. The van der Waals surface area contributed by atoms with Crippen LogP contribution in [0.5, 0.6) is 0 Å². The molecule has 2 N–H and O–H groups in total. The summed E-state index contributed by atoms with van der Waals surface area (Å²) in [5.74, 6) is -0.152. The summed E-state index contributed by atoms with van der Waals surface area (Å²) in [5, 5.41) is 24.2. The van der Waals surface area contributed by atoms with E-state index >= 15 is 0 Å². The number of benzene rings is 1. The molecule has 2 aliphatic heterocycles. The number of fused-ring (bicyclic) bond motifs is 3. The standard InChI is InChI=1S/C20H16N6/c1-12-3-5-14(6-4-12)18-15(10-21)19-17-9-13(2)24-26(17)8-7-25(19)20(23)16(18)11-22/h3-9,18H,23H2,1-2H3. The summed E-state index contributed by atoms with van der Waals surface area (Å²) in [6, 6.07) is 14.3. The third kappa shape index (κ3) is 2.13. The molecule has 3 heterocycles. The van der Waals surface area contributed by atoms with Gasteiger partial charge in [-0.15, -0.1) is 0 Å². The van der Waals surface area contributed by atoms with E-state index in [1.54, 1.807) is 22.0 Å². The van der Waals surface area contributed by atoms with Gasteiger partial charge in [0.05, 0.1) is 46.3 Å². The van der Waals surface area contributed by atoms with Crippen LogP contribution in [0.1, 0.15) is 28.4 Å². The van der Waals surface area contributed by atoms with Gasteiger partial charge in [0.1, 0.15) is 5.82 Å². The molecule has 126 valence electrons. The third-order valence-electron chi connectivity index (χ3n) is 4.72. The first-order valence-electron chi connectivity index (χ1n) is 8.19. The van der Waals surface area contributed by atoms with Crippen molar-refractivity contribution in [1.29, 1.82) is 10.5 Å². The molecule has 0 radical (unpaired) electrons. The summed E-state index contributed by atoms with van der Waals surface area (Å²) >= 11 is 0. The van der Waals surface area contributed by atoms with Gasteiger partial charge in [-0.2, -0.15) is 15.6 Å². The first-order chi connectivity index (χ1) is 12.5. The monoisotopic (exact) mass is 340 g/mol. The Kier molecular flexibility index (Phi) is 3.42. The maximum Gasteiger partial charge on any atom is 0.123 e. The molecule has 6 heteroatoms. The molecule has 0 aliphatic carbocycles. The second-order valence-electron chi connectivity index (χ2n) is 6.41. The Morgan fingerprint density at radius 3 is 2.38 bits per heavy atom. The van der Waals surface area contributed by atoms with Crippen LogP contribution >= 0.6 is 0 Å². The molecule has 0 saturated carbocycles. The summed E-state index contributed by atoms with van der Waals surface area (Å²) in [6.07, 6.45) is 3.51. The van der Waals surface area contributed by atoms with Crippen molar-refractivity contribution >= 4 is 11.9 Å². The van der Waals surface area contributed by atoms with E-state index in [1.165, 1.54) is 0 Å². The van der Waals surface area contributed by atoms with Gasteiger partial charge in [-0.05, 0) is 25.5 Å². The van der Waals surface area contributed by atoms with Crippen molar-refractivity contribution in [1.82, 2.24) is 14.7 Å². The molecule has 0 spiro atoms. The Balaban J connectivity index is 2.02. The SMILES string of the molecule is Cc1ccc(C2C(C#N)=C(N)N3C=Cn4nc(C)cc4C3=C2C#N)cc1. The molecule has 1 unspecified atom stereocenters. The summed E-state index contributed by atoms with van der Waals surface area (Å²) < 4.78 is 1.73. The molecule has 1 aromatic heterocycles. The number of allylic oxidation sites excluding steroid dienone is 2.